The molecule has 6 aliphatic rings. The van der Waals surface area contributed by atoms with Crippen LogP contribution in [0.3, 0.4) is 0 Å². The van der Waals surface area contributed by atoms with Gasteiger partial charge < -0.3 is 9.64 Å². The lowest BCUT2D eigenvalue weighted by atomic mass is 9.53. The highest BCUT2D eigenvalue weighted by molar-refractivity contribution is 5.99. The van der Waals surface area contributed by atoms with E-state index in [9.17, 15) is 9.18 Å². The van der Waals surface area contributed by atoms with Crippen molar-refractivity contribution in [3.05, 3.63) is 41.5 Å². The van der Waals surface area contributed by atoms with E-state index in [-0.39, 0.29) is 29.4 Å². The molecule has 1 spiro atoms. The Balaban J connectivity index is 1.54. The lowest BCUT2D eigenvalue weighted by Crippen LogP contribution is -2.69. The number of carbonyl (C=O) groups is 1. The molecule has 4 nitrogen and oxygen atoms in total. The van der Waals surface area contributed by atoms with Crippen LogP contribution in [-0.2, 0) is 14.9 Å². The second kappa shape index (κ2) is 4.39. The lowest BCUT2D eigenvalue weighted by Gasteiger charge is -2.58. The maximum absolute atomic E-state index is 14.5. The molecule has 1 aromatic carbocycles. The molecular weight excluding hydrogens is 331 g/mol. The number of fused-ring (bicyclic) bond motifs is 2. The number of nitrogens with zero attached hydrogens (tertiary/aromatic N) is 2. The maximum atomic E-state index is 14.5. The van der Waals surface area contributed by atoms with Crippen molar-refractivity contribution >= 4 is 11.6 Å². The molecule has 5 aliphatic heterocycles. The van der Waals surface area contributed by atoms with E-state index < -0.39 is 6.36 Å². The Hall–Kier alpha value is -1.72. The van der Waals surface area contributed by atoms with Crippen molar-refractivity contribution in [2.24, 2.45) is 11.8 Å². The molecular formula is C21H21FN2O2. The van der Waals surface area contributed by atoms with Crippen molar-refractivity contribution in [3.8, 4) is 0 Å². The van der Waals surface area contributed by atoms with Crippen LogP contribution >= 0.6 is 0 Å². The van der Waals surface area contributed by atoms with Gasteiger partial charge in [0.15, 0.2) is 0 Å². The Morgan fingerprint density at radius 3 is 3.08 bits per heavy atom. The quantitative estimate of drug-likeness (QED) is 0.672. The second-order valence-corrected chi connectivity index (χ2v) is 8.89. The van der Waals surface area contributed by atoms with Crippen LogP contribution in [0.1, 0.15) is 24.8 Å². The molecule has 1 aliphatic carbocycles. The second-order valence-electron chi connectivity index (χ2n) is 8.89. The van der Waals surface area contributed by atoms with Gasteiger partial charge in [0.25, 0.3) is 0 Å². The number of halogens is 1. The molecule has 7 rings (SSSR count). The Bertz CT molecular complexity index is 885. The summed E-state index contributed by atoms with van der Waals surface area (Å²) >= 11 is 0. The van der Waals surface area contributed by atoms with Crippen molar-refractivity contribution in [1.29, 1.82) is 0 Å². The van der Waals surface area contributed by atoms with E-state index in [2.05, 4.69) is 28.0 Å². The minimum Gasteiger partial charge on any atom is -0.341 e. The molecule has 1 amide bonds. The summed E-state index contributed by atoms with van der Waals surface area (Å²) in [6.07, 6.45) is 2.51. The van der Waals surface area contributed by atoms with E-state index in [0.717, 1.165) is 31.6 Å². The van der Waals surface area contributed by atoms with E-state index in [1.54, 1.807) is 6.08 Å². The zero-order valence-corrected chi connectivity index (χ0v) is 14.5. The summed E-state index contributed by atoms with van der Waals surface area (Å²) in [6, 6.07) is 9.07. The van der Waals surface area contributed by atoms with Crippen LogP contribution in [0.25, 0.3) is 0 Å². The lowest BCUT2D eigenvalue weighted by molar-refractivity contribution is -0.143. The van der Waals surface area contributed by atoms with Gasteiger partial charge in [-0.25, -0.2) is 4.39 Å². The molecule has 4 fully saturated rings. The van der Waals surface area contributed by atoms with Gasteiger partial charge in [-0.05, 0) is 43.0 Å². The molecule has 0 N–H and O–H groups in total. The molecule has 26 heavy (non-hydrogen) atoms. The number of hydrogen-bond acceptors (Lipinski definition) is 3. The third kappa shape index (κ3) is 1.39. The predicted octanol–water partition coefficient (Wildman–Crippen LogP) is 2.39. The summed E-state index contributed by atoms with van der Waals surface area (Å²) in [5.41, 5.74) is 3.65. The minimum absolute atomic E-state index is 0.00285. The topological polar surface area (TPSA) is 32.8 Å². The molecule has 2 bridgehead atoms. The summed E-state index contributed by atoms with van der Waals surface area (Å²) < 4.78 is 20.3. The van der Waals surface area contributed by atoms with Gasteiger partial charge in [-0.3, -0.25) is 9.69 Å². The highest BCUT2D eigenvalue weighted by atomic mass is 19.1. The average molecular weight is 352 g/mol. The van der Waals surface area contributed by atoms with E-state index in [0.29, 0.717) is 18.4 Å². The van der Waals surface area contributed by atoms with Crippen LogP contribution in [-0.4, -0.2) is 48.4 Å². The van der Waals surface area contributed by atoms with Gasteiger partial charge in [-0.15, -0.1) is 0 Å². The number of piperidine rings is 2. The Morgan fingerprint density at radius 2 is 2.15 bits per heavy atom. The first-order chi connectivity index (χ1) is 12.7. The molecule has 5 heterocycles. The van der Waals surface area contributed by atoms with Crippen molar-refractivity contribution in [3.63, 3.8) is 0 Å². The minimum atomic E-state index is -1.38. The number of amides is 1. The Labute approximate surface area is 151 Å². The number of benzene rings is 1. The zero-order chi connectivity index (χ0) is 17.2. The smallest absolute Gasteiger partial charge is 0.229 e. The van der Waals surface area contributed by atoms with Crippen LogP contribution in [0.5, 0.6) is 0 Å². The summed E-state index contributed by atoms with van der Waals surface area (Å²) in [6.45, 7) is 1.91. The number of ether oxygens (including phenoxy) is 1. The van der Waals surface area contributed by atoms with Crippen molar-refractivity contribution in [1.82, 2.24) is 4.90 Å². The summed E-state index contributed by atoms with van der Waals surface area (Å²) in [5.74, 6) is 0.668. The largest absolute Gasteiger partial charge is 0.341 e. The monoisotopic (exact) mass is 352 g/mol. The van der Waals surface area contributed by atoms with Crippen LogP contribution in [0.2, 0.25) is 0 Å². The molecule has 0 radical (unpaired) electrons. The van der Waals surface area contributed by atoms with Gasteiger partial charge in [-0.2, -0.15) is 0 Å². The molecule has 3 saturated heterocycles. The van der Waals surface area contributed by atoms with E-state index in [1.807, 2.05) is 6.07 Å². The summed E-state index contributed by atoms with van der Waals surface area (Å²) in [4.78, 5) is 17.8. The maximum Gasteiger partial charge on any atom is 0.229 e. The van der Waals surface area contributed by atoms with Crippen molar-refractivity contribution in [2.75, 3.05) is 18.0 Å². The van der Waals surface area contributed by atoms with Gasteiger partial charge in [0.1, 0.15) is 0 Å². The van der Waals surface area contributed by atoms with Gasteiger partial charge in [0.2, 0.25) is 12.3 Å². The van der Waals surface area contributed by atoms with E-state index in [4.69, 9.17) is 4.74 Å². The molecule has 7 atom stereocenters. The third-order valence-electron chi connectivity index (χ3n) is 8.21. The number of anilines is 1. The third-order valence-corrected chi connectivity index (χ3v) is 8.21. The van der Waals surface area contributed by atoms with E-state index in [1.165, 1.54) is 11.1 Å². The summed E-state index contributed by atoms with van der Waals surface area (Å²) in [7, 11) is 0. The summed E-state index contributed by atoms with van der Waals surface area (Å²) in [5, 5.41) is 0. The first-order valence-corrected chi connectivity index (χ1v) is 9.84. The van der Waals surface area contributed by atoms with Gasteiger partial charge in [-0.1, -0.05) is 23.8 Å². The standard InChI is InChI=1S/C21H21FN2O2/c22-17-7-11-10-23-6-5-21-13-3-1-2-4-14(13)24-18(25)9-15(26-17)19(20(21)24)12(11)8-16(21)23/h1-4,7,12,15-17,19-20H,5-6,8-10H2/t12-,15?,16-,17?,19-,20?,21?/m0/s1. The first kappa shape index (κ1) is 14.4. The average Bonchev–Trinajstić information content (AvgIpc) is 3.11. The molecule has 1 saturated carbocycles. The Morgan fingerprint density at radius 1 is 1.27 bits per heavy atom. The van der Waals surface area contributed by atoms with E-state index >= 15 is 0 Å². The van der Waals surface area contributed by atoms with Gasteiger partial charge >= 0.3 is 0 Å². The number of alkyl halides is 1. The van der Waals surface area contributed by atoms with Gasteiger partial charge in [0, 0.05) is 29.6 Å². The van der Waals surface area contributed by atoms with Crippen molar-refractivity contribution < 1.29 is 13.9 Å². The normalized spacial score (nSPS) is 47.5. The fourth-order valence-corrected chi connectivity index (χ4v) is 7.53. The Kier molecular flexibility index (Phi) is 2.43. The number of carbonyl (C=O) groups excluding carboxylic acids is 1. The highest BCUT2D eigenvalue weighted by Crippen LogP contribution is 2.65. The molecule has 134 valence electrons. The highest BCUT2D eigenvalue weighted by Gasteiger charge is 2.71. The first-order valence-electron chi connectivity index (χ1n) is 9.84. The fraction of sp³-hybridized carbons (Fsp3) is 0.571. The van der Waals surface area contributed by atoms with Gasteiger partial charge in [0.05, 0.1) is 18.6 Å². The molecule has 1 aromatic rings. The molecule has 0 aromatic heterocycles. The fourth-order valence-electron chi connectivity index (χ4n) is 7.53. The number of para-hydroxylation sites is 1. The zero-order valence-electron chi connectivity index (χ0n) is 14.5. The number of hydrogen-bond donors (Lipinski definition) is 0. The van der Waals surface area contributed by atoms with Crippen LogP contribution in [0, 0.1) is 11.8 Å². The predicted molar refractivity (Wildman–Crippen MR) is 93.4 cm³/mol. The van der Waals surface area contributed by atoms with Crippen LogP contribution < -0.4 is 4.90 Å². The number of rotatable bonds is 0. The van der Waals surface area contributed by atoms with Crippen molar-refractivity contribution in [2.45, 2.75) is 49.2 Å². The van der Waals surface area contributed by atoms with Crippen LogP contribution in [0.4, 0.5) is 10.1 Å². The molecule has 5 heteroatoms. The molecule has 4 unspecified atom stereocenters. The SMILES string of the molecule is O=C1CC2OC(F)C=C3CN4CCC56c7ccccc7N1C5[C@H]2[C@H]3C[C@H]46. The van der Waals surface area contributed by atoms with Crippen LogP contribution in [0.15, 0.2) is 35.9 Å².